The van der Waals surface area contributed by atoms with Crippen LogP contribution in [-0.2, 0) is 14.3 Å². The highest BCUT2D eigenvalue weighted by Crippen LogP contribution is 2.28. The summed E-state index contributed by atoms with van der Waals surface area (Å²) in [4.78, 5) is 27.2. The number of carbonyl (C=O) groups excluding carboxylic acids is 2. The van der Waals surface area contributed by atoms with Gasteiger partial charge in [-0.05, 0) is 43.6 Å². The Kier molecular flexibility index (Phi) is 6.67. The standard InChI is InChI=1S/C19H28N2O4S/c1-24-12-7-19(20-17(22)15-2-10-25-11-3-15)5-8-21(9-6-19)18(23)16-4-13-26-14-16/h4,13-15H,2-3,5-12H2,1H3,(H,20,22). The highest BCUT2D eigenvalue weighted by molar-refractivity contribution is 7.08. The number of hydrogen-bond acceptors (Lipinski definition) is 5. The topological polar surface area (TPSA) is 67.9 Å². The van der Waals surface area contributed by atoms with E-state index in [1.54, 1.807) is 7.11 Å². The van der Waals surface area contributed by atoms with Gasteiger partial charge in [-0.2, -0.15) is 11.3 Å². The van der Waals surface area contributed by atoms with Crippen molar-refractivity contribution in [3.63, 3.8) is 0 Å². The Bertz CT molecular complexity index is 591. The highest BCUT2D eigenvalue weighted by Gasteiger charge is 2.38. The van der Waals surface area contributed by atoms with Crippen LogP contribution in [0.5, 0.6) is 0 Å². The first kappa shape index (κ1) is 19.3. The lowest BCUT2D eigenvalue weighted by molar-refractivity contribution is -0.130. The molecule has 0 radical (unpaired) electrons. The number of methoxy groups -OCH3 is 1. The van der Waals surface area contributed by atoms with Crippen LogP contribution in [-0.4, -0.2) is 62.3 Å². The molecule has 144 valence electrons. The van der Waals surface area contributed by atoms with Crippen LogP contribution in [0.2, 0.25) is 0 Å². The Hall–Kier alpha value is -1.44. The van der Waals surface area contributed by atoms with Gasteiger partial charge < -0.3 is 19.7 Å². The van der Waals surface area contributed by atoms with Crippen molar-refractivity contribution < 1.29 is 19.1 Å². The molecule has 2 saturated heterocycles. The van der Waals surface area contributed by atoms with Crippen molar-refractivity contribution in [3.8, 4) is 0 Å². The minimum Gasteiger partial charge on any atom is -0.385 e. The van der Waals surface area contributed by atoms with E-state index in [0.717, 1.165) is 37.7 Å². The number of nitrogens with zero attached hydrogens (tertiary/aromatic N) is 1. The lowest BCUT2D eigenvalue weighted by Crippen LogP contribution is -2.58. The average molecular weight is 381 g/mol. The summed E-state index contributed by atoms with van der Waals surface area (Å²) < 4.78 is 10.6. The molecule has 6 nitrogen and oxygen atoms in total. The third-order valence-corrected chi connectivity index (χ3v) is 6.22. The Labute approximate surface area is 158 Å². The van der Waals surface area contributed by atoms with E-state index in [1.807, 2.05) is 21.7 Å². The van der Waals surface area contributed by atoms with E-state index in [-0.39, 0.29) is 23.3 Å². The number of piperidine rings is 1. The molecule has 1 aromatic rings. The Balaban J connectivity index is 1.61. The zero-order valence-corrected chi connectivity index (χ0v) is 16.2. The van der Waals surface area contributed by atoms with Gasteiger partial charge in [0.1, 0.15) is 0 Å². The monoisotopic (exact) mass is 380 g/mol. The van der Waals surface area contributed by atoms with Crippen LogP contribution in [0.15, 0.2) is 16.8 Å². The Morgan fingerprint density at radius 1 is 1.35 bits per heavy atom. The van der Waals surface area contributed by atoms with Crippen LogP contribution >= 0.6 is 11.3 Å². The third-order valence-electron chi connectivity index (χ3n) is 5.54. The number of likely N-dealkylation sites (tertiary alicyclic amines) is 1. The van der Waals surface area contributed by atoms with Crippen molar-refractivity contribution in [1.29, 1.82) is 0 Å². The molecule has 2 aliphatic rings. The predicted octanol–water partition coefficient (Wildman–Crippen LogP) is 2.30. The zero-order chi connectivity index (χ0) is 18.4. The van der Waals surface area contributed by atoms with Gasteiger partial charge in [-0.3, -0.25) is 9.59 Å². The summed E-state index contributed by atoms with van der Waals surface area (Å²) in [5.74, 6) is 0.248. The van der Waals surface area contributed by atoms with E-state index in [4.69, 9.17) is 9.47 Å². The molecule has 0 spiro atoms. The summed E-state index contributed by atoms with van der Waals surface area (Å²) in [6.45, 7) is 3.24. The van der Waals surface area contributed by atoms with Crippen molar-refractivity contribution in [3.05, 3.63) is 22.4 Å². The number of hydrogen-bond donors (Lipinski definition) is 1. The summed E-state index contributed by atoms with van der Waals surface area (Å²) in [5.41, 5.74) is 0.474. The van der Waals surface area contributed by atoms with Crippen LogP contribution in [0, 0.1) is 5.92 Å². The number of nitrogens with one attached hydrogen (secondary N) is 1. The van der Waals surface area contributed by atoms with Gasteiger partial charge in [-0.1, -0.05) is 0 Å². The minimum absolute atomic E-state index is 0.0358. The number of thiophene rings is 1. The fraction of sp³-hybridized carbons (Fsp3) is 0.684. The van der Waals surface area contributed by atoms with Gasteiger partial charge >= 0.3 is 0 Å². The molecular formula is C19H28N2O4S. The van der Waals surface area contributed by atoms with Gasteiger partial charge in [0.2, 0.25) is 5.91 Å². The molecular weight excluding hydrogens is 352 g/mol. The van der Waals surface area contributed by atoms with Gasteiger partial charge in [0.25, 0.3) is 5.91 Å². The first-order valence-electron chi connectivity index (χ1n) is 9.34. The van der Waals surface area contributed by atoms with Gasteiger partial charge in [0.05, 0.1) is 5.56 Å². The summed E-state index contributed by atoms with van der Waals surface area (Å²) in [7, 11) is 1.68. The normalized spacial score (nSPS) is 20.7. The molecule has 2 aliphatic heterocycles. The molecule has 0 unspecified atom stereocenters. The fourth-order valence-corrected chi connectivity index (χ4v) is 4.39. The molecule has 0 aromatic carbocycles. The van der Waals surface area contributed by atoms with Gasteiger partial charge in [0.15, 0.2) is 0 Å². The Morgan fingerprint density at radius 3 is 2.69 bits per heavy atom. The van der Waals surface area contributed by atoms with Crippen LogP contribution in [0.25, 0.3) is 0 Å². The molecule has 0 atom stereocenters. The van der Waals surface area contributed by atoms with Gasteiger partial charge in [-0.15, -0.1) is 0 Å². The maximum atomic E-state index is 12.8. The second kappa shape index (κ2) is 8.97. The van der Waals surface area contributed by atoms with E-state index in [0.29, 0.717) is 32.9 Å². The largest absolute Gasteiger partial charge is 0.385 e. The molecule has 1 aromatic heterocycles. The number of amides is 2. The molecule has 2 amide bonds. The molecule has 7 heteroatoms. The minimum atomic E-state index is -0.281. The summed E-state index contributed by atoms with van der Waals surface area (Å²) in [5, 5.41) is 7.14. The number of carbonyl (C=O) groups is 2. The predicted molar refractivity (Wildman–Crippen MR) is 100 cm³/mol. The van der Waals surface area contributed by atoms with Gasteiger partial charge in [-0.25, -0.2) is 0 Å². The molecule has 0 aliphatic carbocycles. The third kappa shape index (κ3) is 4.64. The number of ether oxygens (including phenoxy) is 2. The fourth-order valence-electron chi connectivity index (χ4n) is 3.76. The quantitative estimate of drug-likeness (QED) is 0.822. The average Bonchev–Trinajstić information content (AvgIpc) is 3.22. The van der Waals surface area contributed by atoms with E-state index in [2.05, 4.69) is 5.32 Å². The van der Waals surface area contributed by atoms with Crippen molar-refractivity contribution >= 4 is 23.2 Å². The van der Waals surface area contributed by atoms with Crippen molar-refractivity contribution in [1.82, 2.24) is 10.2 Å². The second-order valence-corrected chi connectivity index (χ2v) is 7.98. The van der Waals surface area contributed by atoms with Crippen molar-refractivity contribution in [2.24, 2.45) is 5.92 Å². The first-order valence-corrected chi connectivity index (χ1v) is 10.3. The van der Waals surface area contributed by atoms with Crippen molar-refractivity contribution in [2.45, 2.75) is 37.6 Å². The first-order chi connectivity index (χ1) is 12.6. The molecule has 1 N–H and O–H groups in total. The van der Waals surface area contributed by atoms with E-state index < -0.39 is 0 Å². The molecule has 0 bridgehead atoms. The molecule has 2 fully saturated rings. The van der Waals surface area contributed by atoms with E-state index in [1.165, 1.54) is 11.3 Å². The van der Waals surface area contributed by atoms with Crippen LogP contribution in [0.3, 0.4) is 0 Å². The smallest absolute Gasteiger partial charge is 0.254 e. The molecule has 3 rings (SSSR count). The van der Waals surface area contributed by atoms with Crippen LogP contribution in [0.4, 0.5) is 0 Å². The maximum Gasteiger partial charge on any atom is 0.254 e. The SMILES string of the molecule is COCCC1(NC(=O)C2CCOCC2)CCN(C(=O)c2ccsc2)CC1. The van der Waals surface area contributed by atoms with Crippen molar-refractivity contribution in [2.75, 3.05) is 40.0 Å². The van der Waals surface area contributed by atoms with Crippen LogP contribution in [0.1, 0.15) is 42.5 Å². The lowest BCUT2D eigenvalue weighted by atomic mass is 9.83. The van der Waals surface area contributed by atoms with E-state index in [9.17, 15) is 9.59 Å². The summed E-state index contributed by atoms with van der Waals surface area (Å²) in [6.07, 6.45) is 3.88. The zero-order valence-electron chi connectivity index (χ0n) is 15.4. The van der Waals surface area contributed by atoms with E-state index >= 15 is 0 Å². The molecule has 26 heavy (non-hydrogen) atoms. The number of rotatable bonds is 6. The molecule has 3 heterocycles. The van der Waals surface area contributed by atoms with Gasteiger partial charge in [0, 0.05) is 56.9 Å². The highest BCUT2D eigenvalue weighted by atomic mass is 32.1. The second-order valence-electron chi connectivity index (χ2n) is 7.20. The lowest BCUT2D eigenvalue weighted by Gasteiger charge is -2.43. The van der Waals surface area contributed by atoms with Crippen LogP contribution < -0.4 is 5.32 Å². The molecule has 0 saturated carbocycles. The maximum absolute atomic E-state index is 12.8. The summed E-state index contributed by atoms with van der Waals surface area (Å²) in [6, 6.07) is 1.87. The Morgan fingerprint density at radius 2 is 2.08 bits per heavy atom. The summed E-state index contributed by atoms with van der Waals surface area (Å²) >= 11 is 1.54.